The van der Waals surface area contributed by atoms with Gasteiger partial charge >= 0.3 is 0 Å². The summed E-state index contributed by atoms with van der Waals surface area (Å²) in [6.07, 6.45) is 5.27. The summed E-state index contributed by atoms with van der Waals surface area (Å²) in [6, 6.07) is 19.6. The molecule has 0 heterocycles. The maximum absolute atomic E-state index is 13.7. The number of nitrogens with zero attached hydrogens (tertiary/aromatic N) is 1. The fourth-order valence-electron chi connectivity index (χ4n) is 4.68. The average molecular weight is 507 g/mol. The predicted octanol–water partition coefficient (Wildman–Crippen LogP) is 5.35. The number of ether oxygens (including phenoxy) is 1. The Morgan fingerprint density at radius 2 is 1.72 bits per heavy atom. The minimum atomic E-state index is -3.99. The molecule has 0 spiro atoms. The second-order valence-electron chi connectivity index (χ2n) is 9.29. The second-order valence-corrected chi connectivity index (χ2v) is 11.2. The van der Waals surface area contributed by atoms with Crippen LogP contribution in [0.5, 0.6) is 5.75 Å². The monoisotopic (exact) mass is 506 g/mol. The van der Waals surface area contributed by atoms with Crippen LogP contribution in [0.4, 0.5) is 5.69 Å². The highest BCUT2D eigenvalue weighted by molar-refractivity contribution is 7.92. The largest absolute Gasteiger partial charge is 0.497 e. The lowest BCUT2D eigenvalue weighted by Gasteiger charge is -2.26. The third kappa shape index (κ3) is 5.73. The summed E-state index contributed by atoms with van der Waals surface area (Å²) in [5.74, 6) is 0.149. The van der Waals surface area contributed by atoms with E-state index in [2.05, 4.69) is 23.5 Å². The number of carbonyl (C=O) groups excluding carboxylic acids is 1. The lowest BCUT2D eigenvalue weighted by molar-refractivity contribution is -0.120. The molecule has 3 aromatic rings. The SMILES string of the molecule is CC[C@H](NC(=O)CN(c1cccc(OC)c1)S(=O)(=O)c1ccc(C)cc1)c1ccc2c(c1)CCCC2. The van der Waals surface area contributed by atoms with Gasteiger partial charge in [0.25, 0.3) is 10.0 Å². The fraction of sp³-hybridized carbons (Fsp3) is 0.345. The summed E-state index contributed by atoms with van der Waals surface area (Å²) in [5.41, 5.74) is 5.12. The number of hydrogen-bond donors (Lipinski definition) is 1. The van der Waals surface area contributed by atoms with Gasteiger partial charge in [-0.2, -0.15) is 0 Å². The molecule has 3 aromatic carbocycles. The van der Waals surface area contributed by atoms with E-state index in [1.54, 1.807) is 48.5 Å². The van der Waals surface area contributed by atoms with E-state index in [4.69, 9.17) is 4.74 Å². The number of methoxy groups -OCH3 is 1. The van der Waals surface area contributed by atoms with Crippen LogP contribution in [-0.4, -0.2) is 28.0 Å². The van der Waals surface area contributed by atoms with E-state index in [0.717, 1.165) is 28.3 Å². The lowest BCUT2D eigenvalue weighted by atomic mass is 9.89. The first-order valence-corrected chi connectivity index (χ1v) is 13.9. The fourth-order valence-corrected chi connectivity index (χ4v) is 6.09. The van der Waals surface area contributed by atoms with Crippen molar-refractivity contribution in [3.05, 3.63) is 89.0 Å². The molecule has 0 unspecified atom stereocenters. The molecule has 1 amide bonds. The maximum atomic E-state index is 13.7. The Balaban J connectivity index is 1.61. The highest BCUT2D eigenvalue weighted by Gasteiger charge is 2.28. The summed E-state index contributed by atoms with van der Waals surface area (Å²) in [5, 5.41) is 3.08. The Morgan fingerprint density at radius 1 is 1.00 bits per heavy atom. The van der Waals surface area contributed by atoms with Crippen LogP contribution < -0.4 is 14.4 Å². The van der Waals surface area contributed by atoms with E-state index in [1.807, 2.05) is 13.8 Å². The summed E-state index contributed by atoms with van der Waals surface area (Å²) in [4.78, 5) is 13.4. The molecule has 0 aromatic heterocycles. The van der Waals surface area contributed by atoms with Crippen molar-refractivity contribution in [1.29, 1.82) is 0 Å². The van der Waals surface area contributed by atoms with Crippen molar-refractivity contribution in [2.75, 3.05) is 18.0 Å². The van der Waals surface area contributed by atoms with Gasteiger partial charge in [0, 0.05) is 6.07 Å². The quantitative estimate of drug-likeness (QED) is 0.425. The summed E-state index contributed by atoms with van der Waals surface area (Å²) in [6.45, 7) is 3.58. The molecule has 0 aliphatic heterocycles. The van der Waals surface area contributed by atoms with Gasteiger partial charge in [-0.15, -0.1) is 0 Å². The number of hydrogen-bond acceptors (Lipinski definition) is 4. The van der Waals surface area contributed by atoms with Crippen LogP contribution in [0.2, 0.25) is 0 Å². The third-order valence-electron chi connectivity index (χ3n) is 6.76. The van der Waals surface area contributed by atoms with Gasteiger partial charge in [-0.1, -0.05) is 48.9 Å². The summed E-state index contributed by atoms with van der Waals surface area (Å²) < 4.78 is 33.8. The molecule has 1 N–H and O–H groups in total. The third-order valence-corrected chi connectivity index (χ3v) is 8.54. The Morgan fingerprint density at radius 3 is 2.42 bits per heavy atom. The standard InChI is InChI=1S/C29H34N2O4S/c1-4-28(24-15-14-22-8-5-6-9-23(22)18-24)30-29(32)20-31(25-10-7-11-26(19-25)35-3)36(33,34)27-16-12-21(2)13-17-27/h7,10-19,28H,4-6,8-9,20H2,1-3H3,(H,30,32)/t28-/m0/s1. The minimum absolute atomic E-state index is 0.130. The Labute approximate surface area is 214 Å². The Kier molecular flexibility index (Phi) is 7.99. The van der Waals surface area contributed by atoms with Gasteiger partial charge in [0.2, 0.25) is 5.91 Å². The van der Waals surface area contributed by atoms with Crippen LogP contribution in [0.1, 0.15) is 54.5 Å². The molecule has 0 radical (unpaired) electrons. The van der Waals surface area contributed by atoms with Crippen molar-refractivity contribution in [3.8, 4) is 5.75 Å². The average Bonchev–Trinajstić information content (AvgIpc) is 2.90. The smallest absolute Gasteiger partial charge is 0.264 e. The molecular weight excluding hydrogens is 472 g/mol. The molecular formula is C29H34N2O4S. The molecule has 190 valence electrons. The zero-order valence-corrected chi connectivity index (χ0v) is 22.0. The van der Waals surface area contributed by atoms with E-state index in [1.165, 1.54) is 31.1 Å². The highest BCUT2D eigenvalue weighted by Crippen LogP contribution is 2.28. The number of anilines is 1. The van der Waals surface area contributed by atoms with Crippen molar-refractivity contribution >= 4 is 21.6 Å². The molecule has 0 saturated carbocycles. The van der Waals surface area contributed by atoms with Gasteiger partial charge in [0.1, 0.15) is 12.3 Å². The first kappa shape index (κ1) is 25.8. The van der Waals surface area contributed by atoms with Crippen molar-refractivity contribution in [3.63, 3.8) is 0 Å². The number of benzene rings is 3. The number of rotatable bonds is 9. The first-order chi connectivity index (χ1) is 17.3. The van der Waals surface area contributed by atoms with Crippen LogP contribution >= 0.6 is 0 Å². The molecule has 7 heteroatoms. The van der Waals surface area contributed by atoms with Gasteiger partial charge in [0.05, 0.1) is 23.7 Å². The molecule has 1 atom stereocenters. The zero-order valence-electron chi connectivity index (χ0n) is 21.2. The van der Waals surface area contributed by atoms with E-state index in [0.29, 0.717) is 17.9 Å². The number of aryl methyl sites for hydroxylation is 3. The van der Waals surface area contributed by atoms with E-state index in [9.17, 15) is 13.2 Å². The highest BCUT2D eigenvalue weighted by atomic mass is 32.2. The molecule has 1 aliphatic rings. The number of fused-ring (bicyclic) bond motifs is 1. The second kappa shape index (κ2) is 11.2. The van der Waals surface area contributed by atoms with Crippen LogP contribution in [0.3, 0.4) is 0 Å². The number of amides is 1. The van der Waals surface area contributed by atoms with Crippen LogP contribution in [0.25, 0.3) is 0 Å². The summed E-state index contributed by atoms with van der Waals surface area (Å²) in [7, 11) is -2.47. The van der Waals surface area contributed by atoms with Crippen molar-refractivity contribution in [2.45, 2.75) is 56.9 Å². The molecule has 4 rings (SSSR count). The van der Waals surface area contributed by atoms with E-state index >= 15 is 0 Å². The van der Waals surface area contributed by atoms with Crippen LogP contribution in [-0.2, 0) is 27.7 Å². The Bertz CT molecular complexity index is 1320. The molecule has 0 bridgehead atoms. The van der Waals surface area contributed by atoms with Gasteiger partial charge in [-0.05, 0) is 80.0 Å². The topological polar surface area (TPSA) is 75.7 Å². The minimum Gasteiger partial charge on any atom is -0.497 e. The van der Waals surface area contributed by atoms with Crippen LogP contribution in [0, 0.1) is 6.92 Å². The first-order valence-electron chi connectivity index (χ1n) is 12.5. The van der Waals surface area contributed by atoms with Crippen molar-refractivity contribution in [1.82, 2.24) is 5.32 Å². The number of carbonyl (C=O) groups is 1. The predicted molar refractivity (Wildman–Crippen MR) is 143 cm³/mol. The summed E-state index contributed by atoms with van der Waals surface area (Å²) >= 11 is 0. The molecule has 0 saturated heterocycles. The molecule has 1 aliphatic carbocycles. The maximum Gasteiger partial charge on any atom is 0.264 e. The van der Waals surface area contributed by atoms with Gasteiger partial charge in [0.15, 0.2) is 0 Å². The van der Waals surface area contributed by atoms with Crippen LogP contribution in [0.15, 0.2) is 71.6 Å². The van der Waals surface area contributed by atoms with Crippen molar-refractivity contribution < 1.29 is 17.9 Å². The molecule has 36 heavy (non-hydrogen) atoms. The van der Waals surface area contributed by atoms with E-state index < -0.39 is 10.0 Å². The van der Waals surface area contributed by atoms with Gasteiger partial charge < -0.3 is 10.1 Å². The molecule has 6 nitrogen and oxygen atoms in total. The van der Waals surface area contributed by atoms with Gasteiger partial charge in [-0.3, -0.25) is 9.10 Å². The van der Waals surface area contributed by atoms with Crippen molar-refractivity contribution in [2.24, 2.45) is 0 Å². The van der Waals surface area contributed by atoms with E-state index in [-0.39, 0.29) is 23.4 Å². The number of sulfonamides is 1. The molecule has 0 fully saturated rings. The normalized spacial score (nSPS) is 14.0. The zero-order chi connectivity index (χ0) is 25.7. The van der Waals surface area contributed by atoms with Gasteiger partial charge in [-0.25, -0.2) is 8.42 Å². The Hall–Kier alpha value is -3.32. The number of nitrogens with one attached hydrogen (secondary N) is 1. The lowest BCUT2D eigenvalue weighted by Crippen LogP contribution is -2.42.